The highest BCUT2D eigenvalue weighted by Gasteiger charge is 2.29. The van der Waals surface area contributed by atoms with Crippen LogP contribution in [0.5, 0.6) is 5.75 Å². The molecule has 4 nitrogen and oxygen atoms in total. The molecule has 1 amide bonds. The molecule has 1 aromatic carbocycles. The van der Waals surface area contributed by atoms with Crippen molar-refractivity contribution in [2.45, 2.75) is 38.4 Å². The first-order chi connectivity index (χ1) is 10.4. The molecule has 0 bridgehead atoms. The topological polar surface area (TPSA) is 38.8 Å². The van der Waals surface area contributed by atoms with Gasteiger partial charge in [-0.05, 0) is 44.4 Å². The van der Waals surface area contributed by atoms with Gasteiger partial charge in [0.2, 0.25) is 0 Å². The van der Waals surface area contributed by atoms with Gasteiger partial charge >= 0.3 is 6.61 Å². The normalized spacial score (nSPS) is 22.5. The summed E-state index contributed by atoms with van der Waals surface area (Å²) in [4.78, 5) is 14.3. The van der Waals surface area contributed by atoms with Crippen molar-refractivity contribution in [2.75, 3.05) is 20.2 Å². The van der Waals surface area contributed by atoms with E-state index in [4.69, 9.17) is 4.74 Å². The largest absolute Gasteiger partial charge is 0.435 e. The average molecular weight is 313 g/mol. The number of nitrogens with zero attached hydrogens (tertiary/aromatic N) is 1. The van der Waals surface area contributed by atoms with Gasteiger partial charge in [-0.15, -0.1) is 0 Å². The Bertz CT molecular complexity index is 524. The number of likely N-dealkylation sites (tertiary alicyclic amines) is 1. The number of ether oxygens (including phenoxy) is 2. The van der Waals surface area contributed by atoms with Gasteiger partial charge in [0, 0.05) is 25.8 Å². The third kappa shape index (κ3) is 4.16. The molecule has 0 saturated carbocycles. The van der Waals surface area contributed by atoms with E-state index in [2.05, 4.69) is 4.74 Å². The minimum Gasteiger partial charge on any atom is -0.435 e. The summed E-state index contributed by atoms with van der Waals surface area (Å²) < 4.78 is 34.4. The number of halogens is 2. The number of benzene rings is 1. The Morgan fingerprint density at radius 1 is 1.32 bits per heavy atom. The second kappa shape index (κ2) is 7.05. The summed E-state index contributed by atoms with van der Waals surface area (Å²) >= 11 is 0. The van der Waals surface area contributed by atoms with Crippen molar-refractivity contribution in [3.63, 3.8) is 0 Å². The van der Waals surface area contributed by atoms with Gasteiger partial charge in [-0.3, -0.25) is 4.79 Å². The highest BCUT2D eigenvalue weighted by molar-refractivity contribution is 5.94. The molecule has 1 fully saturated rings. The molecule has 1 aromatic rings. The van der Waals surface area contributed by atoms with Crippen LogP contribution in [0.4, 0.5) is 8.78 Å². The van der Waals surface area contributed by atoms with E-state index in [1.54, 1.807) is 24.1 Å². The maximum Gasteiger partial charge on any atom is 0.387 e. The number of alkyl halides is 2. The van der Waals surface area contributed by atoms with Crippen LogP contribution >= 0.6 is 0 Å². The third-order valence-corrected chi connectivity index (χ3v) is 4.13. The van der Waals surface area contributed by atoms with Crippen molar-refractivity contribution in [1.82, 2.24) is 4.90 Å². The summed E-state index contributed by atoms with van der Waals surface area (Å²) in [6.45, 7) is 0.366. The SMILES string of the molecule is COC1(C)CCCN(C(=O)c2cccc(OC(F)F)c2)CC1. The van der Waals surface area contributed by atoms with Crippen LogP contribution in [-0.4, -0.2) is 43.2 Å². The maximum absolute atomic E-state index is 12.5. The molecule has 0 aromatic heterocycles. The first-order valence-corrected chi connectivity index (χ1v) is 7.33. The predicted octanol–water partition coefficient (Wildman–Crippen LogP) is 3.32. The zero-order valence-electron chi connectivity index (χ0n) is 12.9. The van der Waals surface area contributed by atoms with Crippen LogP contribution in [0.15, 0.2) is 24.3 Å². The number of methoxy groups -OCH3 is 1. The van der Waals surface area contributed by atoms with Gasteiger partial charge < -0.3 is 14.4 Å². The van der Waals surface area contributed by atoms with E-state index in [0.29, 0.717) is 18.7 Å². The van der Waals surface area contributed by atoms with Gasteiger partial charge in [0.25, 0.3) is 5.91 Å². The molecule has 0 N–H and O–H groups in total. The Morgan fingerprint density at radius 3 is 2.77 bits per heavy atom. The Morgan fingerprint density at radius 2 is 2.09 bits per heavy atom. The fraction of sp³-hybridized carbons (Fsp3) is 0.562. The number of carbonyl (C=O) groups is 1. The Kier molecular flexibility index (Phi) is 5.34. The van der Waals surface area contributed by atoms with Crippen molar-refractivity contribution in [3.8, 4) is 5.75 Å². The lowest BCUT2D eigenvalue weighted by Gasteiger charge is -2.26. The fourth-order valence-corrected chi connectivity index (χ4v) is 2.65. The number of rotatable bonds is 4. The van der Waals surface area contributed by atoms with Crippen LogP contribution < -0.4 is 4.74 Å². The van der Waals surface area contributed by atoms with E-state index in [1.165, 1.54) is 12.1 Å². The number of amides is 1. The zero-order chi connectivity index (χ0) is 16.2. The van der Waals surface area contributed by atoms with Crippen molar-refractivity contribution < 1.29 is 23.0 Å². The van der Waals surface area contributed by atoms with Crippen LogP contribution in [0.3, 0.4) is 0 Å². The number of hydrogen-bond donors (Lipinski definition) is 0. The summed E-state index contributed by atoms with van der Waals surface area (Å²) in [6, 6.07) is 5.92. The molecule has 6 heteroatoms. The third-order valence-electron chi connectivity index (χ3n) is 4.13. The van der Waals surface area contributed by atoms with Gasteiger partial charge in [0.05, 0.1) is 5.60 Å². The summed E-state index contributed by atoms with van der Waals surface area (Å²) in [5.74, 6) is -0.169. The van der Waals surface area contributed by atoms with Gasteiger partial charge in [-0.25, -0.2) is 0 Å². The molecule has 1 aliphatic heterocycles. The second-order valence-electron chi connectivity index (χ2n) is 5.71. The van der Waals surface area contributed by atoms with E-state index in [0.717, 1.165) is 19.3 Å². The maximum atomic E-state index is 12.5. The van der Waals surface area contributed by atoms with E-state index < -0.39 is 6.61 Å². The van der Waals surface area contributed by atoms with Crippen LogP contribution in [0.2, 0.25) is 0 Å². The van der Waals surface area contributed by atoms with Crippen LogP contribution in [0.25, 0.3) is 0 Å². The van der Waals surface area contributed by atoms with Gasteiger partial charge in [-0.1, -0.05) is 6.07 Å². The Hall–Kier alpha value is -1.69. The summed E-state index contributed by atoms with van der Waals surface area (Å²) in [5, 5.41) is 0. The zero-order valence-corrected chi connectivity index (χ0v) is 12.9. The lowest BCUT2D eigenvalue weighted by atomic mass is 9.97. The Labute approximate surface area is 129 Å². The molecular weight excluding hydrogens is 292 g/mol. The molecule has 122 valence electrons. The molecule has 1 saturated heterocycles. The summed E-state index contributed by atoms with van der Waals surface area (Å²) in [6.07, 6.45) is 2.49. The first kappa shape index (κ1) is 16.7. The monoisotopic (exact) mass is 313 g/mol. The molecule has 0 spiro atoms. The van der Waals surface area contributed by atoms with Crippen molar-refractivity contribution in [3.05, 3.63) is 29.8 Å². The Balaban J connectivity index is 2.08. The quantitative estimate of drug-likeness (QED) is 0.856. The molecule has 1 aliphatic rings. The number of carbonyl (C=O) groups excluding carboxylic acids is 1. The highest BCUT2D eigenvalue weighted by Crippen LogP contribution is 2.26. The van der Waals surface area contributed by atoms with E-state index in [1.807, 2.05) is 6.92 Å². The standard InChI is InChI=1S/C16H21F2NO3/c1-16(21-2)7-4-9-19(10-8-16)14(20)12-5-3-6-13(11-12)22-15(17)18/h3,5-6,11,15H,4,7-10H2,1-2H3. The van der Waals surface area contributed by atoms with E-state index in [-0.39, 0.29) is 17.3 Å². The van der Waals surface area contributed by atoms with Crippen molar-refractivity contribution in [1.29, 1.82) is 0 Å². The van der Waals surface area contributed by atoms with Gasteiger partial charge in [0.15, 0.2) is 0 Å². The highest BCUT2D eigenvalue weighted by atomic mass is 19.3. The predicted molar refractivity (Wildman–Crippen MR) is 78.2 cm³/mol. The van der Waals surface area contributed by atoms with Crippen LogP contribution in [0.1, 0.15) is 36.5 Å². The molecule has 22 heavy (non-hydrogen) atoms. The van der Waals surface area contributed by atoms with Crippen LogP contribution in [0, 0.1) is 0 Å². The molecule has 1 heterocycles. The average Bonchev–Trinajstić information content (AvgIpc) is 2.69. The lowest BCUT2D eigenvalue weighted by Crippen LogP contribution is -2.34. The van der Waals surface area contributed by atoms with Crippen LogP contribution in [-0.2, 0) is 4.74 Å². The summed E-state index contributed by atoms with van der Waals surface area (Å²) in [7, 11) is 1.68. The van der Waals surface area contributed by atoms with E-state index >= 15 is 0 Å². The summed E-state index contributed by atoms with van der Waals surface area (Å²) in [5.41, 5.74) is 0.148. The molecule has 0 radical (unpaired) electrons. The second-order valence-corrected chi connectivity index (χ2v) is 5.71. The molecular formula is C16H21F2NO3. The minimum atomic E-state index is -2.90. The fourth-order valence-electron chi connectivity index (χ4n) is 2.65. The van der Waals surface area contributed by atoms with Gasteiger partial charge in [-0.2, -0.15) is 8.78 Å². The lowest BCUT2D eigenvalue weighted by molar-refractivity contribution is -0.0499. The molecule has 2 rings (SSSR count). The van der Waals surface area contributed by atoms with Crippen molar-refractivity contribution in [2.24, 2.45) is 0 Å². The first-order valence-electron chi connectivity index (χ1n) is 7.33. The smallest absolute Gasteiger partial charge is 0.387 e. The number of hydrogen-bond acceptors (Lipinski definition) is 3. The van der Waals surface area contributed by atoms with E-state index in [9.17, 15) is 13.6 Å². The minimum absolute atomic E-state index is 0.00241. The van der Waals surface area contributed by atoms with Gasteiger partial charge in [0.1, 0.15) is 5.75 Å². The van der Waals surface area contributed by atoms with Crippen molar-refractivity contribution >= 4 is 5.91 Å². The molecule has 1 unspecified atom stereocenters. The molecule has 1 atom stereocenters. The molecule has 0 aliphatic carbocycles.